The SMILES string of the molecule is CC/C(=C/Cc1ccccc1)C(Cc1ccccc1)C(=O)Nc1cccc2cccnc12. The Morgan fingerprint density at radius 1 is 0.875 bits per heavy atom. The zero-order valence-electron chi connectivity index (χ0n) is 18.4. The minimum absolute atomic E-state index is 0.00756. The molecule has 160 valence electrons. The van der Waals surface area contributed by atoms with E-state index in [4.69, 9.17) is 0 Å². The number of rotatable bonds is 8. The van der Waals surface area contributed by atoms with Gasteiger partial charge in [0.1, 0.15) is 0 Å². The van der Waals surface area contributed by atoms with Gasteiger partial charge in [-0.25, -0.2) is 0 Å². The number of pyridine rings is 1. The lowest BCUT2D eigenvalue weighted by atomic mass is 9.88. The van der Waals surface area contributed by atoms with E-state index in [0.29, 0.717) is 6.42 Å². The van der Waals surface area contributed by atoms with E-state index in [2.05, 4.69) is 59.7 Å². The van der Waals surface area contributed by atoms with Crippen LogP contribution in [0.4, 0.5) is 5.69 Å². The Morgan fingerprint density at radius 2 is 1.56 bits per heavy atom. The molecule has 1 N–H and O–H groups in total. The Kier molecular flexibility index (Phi) is 7.08. The Bertz CT molecular complexity index is 1190. The van der Waals surface area contributed by atoms with E-state index in [9.17, 15) is 4.79 Å². The maximum absolute atomic E-state index is 13.6. The van der Waals surface area contributed by atoms with Crippen molar-refractivity contribution in [1.29, 1.82) is 0 Å². The maximum atomic E-state index is 13.6. The normalized spacial score (nSPS) is 12.5. The number of fused-ring (bicyclic) bond motifs is 1. The van der Waals surface area contributed by atoms with Gasteiger partial charge in [-0.05, 0) is 42.5 Å². The molecule has 0 saturated carbocycles. The summed E-state index contributed by atoms with van der Waals surface area (Å²) in [5.74, 6) is -0.238. The number of hydrogen-bond donors (Lipinski definition) is 1. The molecular weight excluding hydrogens is 392 g/mol. The molecule has 1 heterocycles. The molecule has 3 nitrogen and oxygen atoms in total. The number of hydrogen-bond acceptors (Lipinski definition) is 2. The smallest absolute Gasteiger partial charge is 0.231 e. The molecule has 4 aromatic rings. The van der Waals surface area contributed by atoms with Crippen molar-refractivity contribution in [1.82, 2.24) is 4.98 Å². The van der Waals surface area contributed by atoms with Gasteiger partial charge in [-0.2, -0.15) is 0 Å². The summed E-state index contributed by atoms with van der Waals surface area (Å²) in [6.07, 6.45) is 6.30. The summed E-state index contributed by atoms with van der Waals surface area (Å²) in [5, 5.41) is 4.19. The van der Waals surface area contributed by atoms with E-state index in [1.54, 1.807) is 6.20 Å². The van der Waals surface area contributed by atoms with Crippen LogP contribution >= 0.6 is 0 Å². The first-order chi connectivity index (χ1) is 15.7. The second-order valence-electron chi connectivity index (χ2n) is 7.93. The number of carbonyl (C=O) groups is 1. The molecule has 32 heavy (non-hydrogen) atoms. The molecule has 1 amide bonds. The van der Waals surface area contributed by atoms with Crippen LogP contribution in [0.15, 0.2) is 109 Å². The minimum Gasteiger partial charge on any atom is -0.324 e. The first-order valence-corrected chi connectivity index (χ1v) is 11.2. The summed E-state index contributed by atoms with van der Waals surface area (Å²) in [5.41, 5.74) is 5.12. The minimum atomic E-state index is -0.245. The summed E-state index contributed by atoms with van der Waals surface area (Å²) < 4.78 is 0. The van der Waals surface area contributed by atoms with Gasteiger partial charge in [0.25, 0.3) is 0 Å². The molecule has 0 radical (unpaired) electrons. The molecule has 4 rings (SSSR count). The highest BCUT2D eigenvalue weighted by Gasteiger charge is 2.23. The van der Waals surface area contributed by atoms with Crippen molar-refractivity contribution in [3.8, 4) is 0 Å². The van der Waals surface area contributed by atoms with Crippen LogP contribution in [-0.2, 0) is 17.6 Å². The largest absolute Gasteiger partial charge is 0.324 e. The molecule has 0 aliphatic heterocycles. The topological polar surface area (TPSA) is 42.0 Å². The van der Waals surface area contributed by atoms with Crippen LogP contribution in [-0.4, -0.2) is 10.9 Å². The summed E-state index contributed by atoms with van der Waals surface area (Å²) in [4.78, 5) is 18.1. The van der Waals surface area contributed by atoms with Gasteiger partial charge in [0, 0.05) is 11.6 Å². The van der Waals surface area contributed by atoms with Crippen LogP contribution < -0.4 is 5.32 Å². The quantitative estimate of drug-likeness (QED) is 0.326. The molecule has 0 spiro atoms. The van der Waals surface area contributed by atoms with E-state index in [0.717, 1.165) is 40.6 Å². The van der Waals surface area contributed by atoms with Crippen molar-refractivity contribution in [3.05, 3.63) is 120 Å². The Hall–Kier alpha value is -3.72. The fourth-order valence-corrected chi connectivity index (χ4v) is 4.06. The van der Waals surface area contributed by atoms with Gasteiger partial charge in [-0.3, -0.25) is 9.78 Å². The van der Waals surface area contributed by atoms with Crippen LogP contribution in [0, 0.1) is 5.92 Å². The molecule has 1 aromatic heterocycles. The predicted molar refractivity (Wildman–Crippen MR) is 133 cm³/mol. The zero-order chi connectivity index (χ0) is 22.2. The Morgan fingerprint density at radius 3 is 2.28 bits per heavy atom. The van der Waals surface area contributed by atoms with Crippen molar-refractivity contribution in [2.45, 2.75) is 26.2 Å². The fourth-order valence-electron chi connectivity index (χ4n) is 4.06. The van der Waals surface area contributed by atoms with Crippen LogP contribution in [0.1, 0.15) is 24.5 Å². The van der Waals surface area contributed by atoms with Crippen molar-refractivity contribution >= 4 is 22.5 Å². The highest BCUT2D eigenvalue weighted by molar-refractivity contribution is 6.02. The number of carbonyl (C=O) groups excluding carboxylic acids is 1. The lowest BCUT2D eigenvalue weighted by Gasteiger charge is -2.20. The van der Waals surface area contributed by atoms with E-state index in [1.165, 1.54) is 5.56 Å². The number of anilines is 1. The number of allylic oxidation sites excluding steroid dienone is 1. The molecule has 3 aromatic carbocycles. The number of nitrogens with one attached hydrogen (secondary N) is 1. The third-order valence-electron chi connectivity index (χ3n) is 5.79. The molecule has 1 unspecified atom stereocenters. The lowest BCUT2D eigenvalue weighted by molar-refractivity contribution is -0.118. The summed E-state index contributed by atoms with van der Waals surface area (Å²) in [6, 6.07) is 30.4. The van der Waals surface area contributed by atoms with Gasteiger partial charge in [0.15, 0.2) is 0 Å². The first-order valence-electron chi connectivity index (χ1n) is 11.2. The summed E-state index contributed by atoms with van der Waals surface area (Å²) in [6.45, 7) is 2.13. The average Bonchev–Trinajstić information content (AvgIpc) is 2.85. The van der Waals surface area contributed by atoms with Crippen LogP contribution in [0.2, 0.25) is 0 Å². The zero-order valence-corrected chi connectivity index (χ0v) is 18.4. The van der Waals surface area contributed by atoms with Gasteiger partial charge in [-0.1, -0.05) is 97.4 Å². The third-order valence-corrected chi connectivity index (χ3v) is 5.79. The van der Waals surface area contributed by atoms with Gasteiger partial charge in [0.2, 0.25) is 5.91 Å². The number of benzene rings is 3. The van der Waals surface area contributed by atoms with Gasteiger partial charge >= 0.3 is 0 Å². The molecule has 3 heteroatoms. The second kappa shape index (κ2) is 10.5. The van der Waals surface area contributed by atoms with Crippen LogP contribution in [0.25, 0.3) is 10.9 Å². The molecule has 0 aliphatic carbocycles. The molecule has 0 aliphatic rings. The maximum Gasteiger partial charge on any atom is 0.231 e. The molecule has 1 atom stereocenters. The van der Waals surface area contributed by atoms with Crippen LogP contribution in [0.3, 0.4) is 0 Å². The summed E-state index contributed by atoms with van der Waals surface area (Å²) >= 11 is 0. The Balaban J connectivity index is 1.63. The molecule has 0 saturated heterocycles. The van der Waals surface area contributed by atoms with Gasteiger partial charge in [-0.15, -0.1) is 0 Å². The Labute approximate surface area is 189 Å². The first kappa shape index (κ1) is 21.5. The molecule has 0 fully saturated rings. The van der Waals surface area contributed by atoms with Crippen molar-refractivity contribution in [3.63, 3.8) is 0 Å². The van der Waals surface area contributed by atoms with E-state index in [1.807, 2.05) is 54.6 Å². The highest BCUT2D eigenvalue weighted by Crippen LogP contribution is 2.26. The van der Waals surface area contributed by atoms with Crippen molar-refractivity contribution < 1.29 is 4.79 Å². The number of para-hydroxylation sites is 1. The average molecular weight is 421 g/mol. The lowest BCUT2D eigenvalue weighted by Crippen LogP contribution is -2.26. The summed E-state index contributed by atoms with van der Waals surface area (Å²) in [7, 11) is 0. The molecule has 0 bridgehead atoms. The van der Waals surface area contributed by atoms with Gasteiger partial charge in [0.05, 0.1) is 17.1 Å². The number of aromatic nitrogens is 1. The third kappa shape index (κ3) is 5.30. The van der Waals surface area contributed by atoms with Gasteiger partial charge < -0.3 is 5.32 Å². The number of amides is 1. The van der Waals surface area contributed by atoms with Crippen molar-refractivity contribution in [2.75, 3.05) is 5.32 Å². The van der Waals surface area contributed by atoms with E-state index < -0.39 is 0 Å². The van der Waals surface area contributed by atoms with Crippen LogP contribution in [0.5, 0.6) is 0 Å². The highest BCUT2D eigenvalue weighted by atomic mass is 16.1. The molecular formula is C29H28N2O. The predicted octanol–water partition coefficient (Wildman–Crippen LogP) is 6.61. The van der Waals surface area contributed by atoms with Crippen molar-refractivity contribution in [2.24, 2.45) is 5.92 Å². The number of nitrogens with zero attached hydrogens (tertiary/aromatic N) is 1. The fraction of sp³-hybridized carbons (Fsp3) is 0.172. The van der Waals surface area contributed by atoms with E-state index in [-0.39, 0.29) is 11.8 Å². The van der Waals surface area contributed by atoms with E-state index >= 15 is 0 Å². The monoisotopic (exact) mass is 420 g/mol. The second-order valence-corrected chi connectivity index (χ2v) is 7.93. The standard InChI is InChI=1S/C29H28N2O/c1-2-24(19-18-22-11-5-3-6-12-22)26(21-23-13-7-4-8-14-23)29(32)31-27-17-9-15-25-16-10-20-30-28(25)27/h3-17,19-20,26H,2,18,21H2,1H3,(H,31,32)/b24-19-.